The molecule has 0 bridgehead atoms. The van der Waals surface area contributed by atoms with E-state index in [0.29, 0.717) is 12.1 Å². The minimum atomic E-state index is -0.0908. The molecule has 1 unspecified atom stereocenters. The first-order valence-electron chi connectivity index (χ1n) is 7.35. The highest BCUT2D eigenvalue weighted by Crippen LogP contribution is 2.25. The molecule has 0 aromatic heterocycles. The van der Waals surface area contributed by atoms with E-state index in [2.05, 4.69) is 30.1 Å². The minimum absolute atomic E-state index is 0.0908. The first kappa shape index (κ1) is 14.5. The van der Waals surface area contributed by atoms with Crippen LogP contribution in [0.3, 0.4) is 0 Å². The minimum Gasteiger partial charge on any atom is -0.314 e. The average molecular weight is 264 g/mol. The van der Waals surface area contributed by atoms with Crippen molar-refractivity contribution in [2.24, 2.45) is 0 Å². The Morgan fingerprint density at radius 3 is 2.63 bits per heavy atom. The predicted octanol–water partition coefficient (Wildman–Crippen LogP) is 3.27. The van der Waals surface area contributed by atoms with Gasteiger partial charge >= 0.3 is 0 Å². The molecule has 3 heteroatoms. The van der Waals surface area contributed by atoms with Crippen LogP contribution in [0, 0.1) is 12.7 Å². The molecule has 2 nitrogen and oxygen atoms in total. The topological polar surface area (TPSA) is 15.3 Å². The van der Waals surface area contributed by atoms with E-state index in [9.17, 15) is 4.39 Å². The van der Waals surface area contributed by atoms with Crippen LogP contribution in [0.4, 0.5) is 4.39 Å². The summed E-state index contributed by atoms with van der Waals surface area (Å²) in [5, 5.41) is 3.51. The molecule has 1 heterocycles. The molecule has 1 aliphatic rings. The van der Waals surface area contributed by atoms with Gasteiger partial charge in [0.1, 0.15) is 5.82 Å². The predicted molar refractivity (Wildman–Crippen MR) is 77.8 cm³/mol. The Bertz CT molecular complexity index is 411. The molecule has 19 heavy (non-hydrogen) atoms. The fourth-order valence-electron chi connectivity index (χ4n) is 2.86. The number of likely N-dealkylation sites (tertiary alicyclic amines) is 1. The summed E-state index contributed by atoms with van der Waals surface area (Å²) < 4.78 is 13.6. The number of hydrogen-bond donors (Lipinski definition) is 1. The van der Waals surface area contributed by atoms with E-state index < -0.39 is 0 Å². The van der Waals surface area contributed by atoms with Crippen LogP contribution >= 0.6 is 0 Å². The van der Waals surface area contributed by atoms with Crippen LogP contribution < -0.4 is 5.32 Å². The van der Waals surface area contributed by atoms with Crippen LogP contribution in [0.25, 0.3) is 0 Å². The van der Waals surface area contributed by atoms with Gasteiger partial charge in [-0.15, -0.1) is 0 Å². The highest BCUT2D eigenvalue weighted by Gasteiger charge is 2.23. The monoisotopic (exact) mass is 264 g/mol. The van der Waals surface area contributed by atoms with Crippen LogP contribution in [-0.4, -0.2) is 30.6 Å². The van der Waals surface area contributed by atoms with Crippen LogP contribution in [0.1, 0.15) is 43.9 Å². The summed E-state index contributed by atoms with van der Waals surface area (Å²) in [4.78, 5) is 2.46. The van der Waals surface area contributed by atoms with Crippen molar-refractivity contribution < 1.29 is 4.39 Å². The van der Waals surface area contributed by atoms with Gasteiger partial charge in [0.05, 0.1) is 0 Å². The summed E-state index contributed by atoms with van der Waals surface area (Å²) in [5.41, 5.74) is 1.81. The summed E-state index contributed by atoms with van der Waals surface area (Å²) in [6, 6.07) is 6.59. The number of piperidine rings is 1. The normalized spacial score (nSPS) is 19.6. The van der Waals surface area contributed by atoms with Crippen molar-refractivity contribution in [2.45, 2.75) is 45.7 Å². The highest BCUT2D eigenvalue weighted by atomic mass is 19.1. The Balaban J connectivity index is 1.97. The smallest absolute Gasteiger partial charge is 0.126 e. The van der Waals surface area contributed by atoms with Crippen molar-refractivity contribution in [2.75, 3.05) is 19.6 Å². The van der Waals surface area contributed by atoms with Gasteiger partial charge < -0.3 is 5.32 Å². The van der Waals surface area contributed by atoms with Crippen molar-refractivity contribution in [3.05, 3.63) is 35.1 Å². The SMILES string of the molecule is CCNC1CCN(C(C)c2ccc(C)c(F)c2)CC1. The van der Waals surface area contributed by atoms with E-state index in [4.69, 9.17) is 0 Å². The summed E-state index contributed by atoms with van der Waals surface area (Å²) >= 11 is 0. The Kier molecular flexibility index (Phi) is 4.94. The number of benzene rings is 1. The second-order valence-electron chi connectivity index (χ2n) is 5.55. The molecule has 1 aromatic carbocycles. The van der Waals surface area contributed by atoms with Crippen LogP contribution in [0.15, 0.2) is 18.2 Å². The van der Waals surface area contributed by atoms with Crippen molar-refractivity contribution in [3.63, 3.8) is 0 Å². The number of rotatable bonds is 4. The van der Waals surface area contributed by atoms with E-state index in [1.807, 2.05) is 13.0 Å². The molecule has 0 saturated carbocycles. The first-order chi connectivity index (χ1) is 9.11. The number of nitrogens with zero attached hydrogens (tertiary/aromatic N) is 1. The van der Waals surface area contributed by atoms with E-state index >= 15 is 0 Å². The Labute approximate surface area is 116 Å². The molecule has 2 rings (SSSR count). The molecule has 1 N–H and O–H groups in total. The molecule has 1 aromatic rings. The summed E-state index contributed by atoms with van der Waals surface area (Å²) in [5.74, 6) is -0.0908. The van der Waals surface area contributed by atoms with Gasteiger partial charge in [-0.05, 0) is 50.4 Å². The maximum Gasteiger partial charge on any atom is 0.126 e. The van der Waals surface area contributed by atoms with Gasteiger partial charge in [0, 0.05) is 25.2 Å². The zero-order chi connectivity index (χ0) is 13.8. The second kappa shape index (κ2) is 6.49. The number of halogens is 1. The van der Waals surface area contributed by atoms with E-state index in [1.165, 1.54) is 12.8 Å². The van der Waals surface area contributed by atoms with E-state index in [0.717, 1.165) is 30.8 Å². The van der Waals surface area contributed by atoms with Crippen molar-refractivity contribution in [1.82, 2.24) is 10.2 Å². The number of aryl methyl sites for hydroxylation is 1. The molecule has 1 saturated heterocycles. The molecule has 1 fully saturated rings. The largest absolute Gasteiger partial charge is 0.314 e. The van der Waals surface area contributed by atoms with Gasteiger partial charge in [-0.1, -0.05) is 19.1 Å². The molecule has 1 aliphatic heterocycles. The molecule has 0 radical (unpaired) electrons. The molecular formula is C16H25FN2. The zero-order valence-corrected chi connectivity index (χ0v) is 12.2. The first-order valence-corrected chi connectivity index (χ1v) is 7.35. The lowest BCUT2D eigenvalue weighted by Crippen LogP contribution is -2.43. The van der Waals surface area contributed by atoms with Crippen LogP contribution in [0.5, 0.6) is 0 Å². The van der Waals surface area contributed by atoms with Gasteiger partial charge in [-0.3, -0.25) is 4.90 Å². The van der Waals surface area contributed by atoms with Gasteiger partial charge in [0.25, 0.3) is 0 Å². The summed E-state index contributed by atoms with van der Waals surface area (Å²) in [6.45, 7) is 9.37. The summed E-state index contributed by atoms with van der Waals surface area (Å²) in [6.07, 6.45) is 2.37. The molecule has 1 atom stereocenters. The zero-order valence-electron chi connectivity index (χ0n) is 12.2. The van der Waals surface area contributed by atoms with Gasteiger partial charge in [0.15, 0.2) is 0 Å². The standard InChI is InChI=1S/C16H25FN2/c1-4-18-15-7-9-19(10-8-15)13(3)14-6-5-12(2)16(17)11-14/h5-6,11,13,15,18H,4,7-10H2,1-3H3. The van der Waals surface area contributed by atoms with E-state index in [-0.39, 0.29) is 5.82 Å². The van der Waals surface area contributed by atoms with Crippen LogP contribution in [-0.2, 0) is 0 Å². The second-order valence-corrected chi connectivity index (χ2v) is 5.55. The summed E-state index contributed by atoms with van der Waals surface area (Å²) in [7, 11) is 0. The van der Waals surface area contributed by atoms with Gasteiger partial charge in [-0.2, -0.15) is 0 Å². The maximum absolute atomic E-state index is 13.6. The number of nitrogens with one attached hydrogen (secondary N) is 1. The quantitative estimate of drug-likeness (QED) is 0.898. The Hall–Kier alpha value is -0.930. The van der Waals surface area contributed by atoms with Crippen LogP contribution in [0.2, 0.25) is 0 Å². The lowest BCUT2D eigenvalue weighted by Gasteiger charge is -2.36. The van der Waals surface area contributed by atoms with E-state index in [1.54, 1.807) is 6.07 Å². The third-order valence-electron chi connectivity index (χ3n) is 4.25. The van der Waals surface area contributed by atoms with Gasteiger partial charge in [0.2, 0.25) is 0 Å². The van der Waals surface area contributed by atoms with Crippen molar-refractivity contribution in [3.8, 4) is 0 Å². The third-order valence-corrected chi connectivity index (χ3v) is 4.25. The Morgan fingerprint density at radius 1 is 1.37 bits per heavy atom. The van der Waals surface area contributed by atoms with Crippen molar-refractivity contribution >= 4 is 0 Å². The fraction of sp³-hybridized carbons (Fsp3) is 0.625. The number of hydrogen-bond acceptors (Lipinski definition) is 2. The molecule has 106 valence electrons. The molecule has 0 amide bonds. The fourth-order valence-corrected chi connectivity index (χ4v) is 2.86. The molecular weight excluding hydrogens is 239 g/mol. The van der Waals surface area contributed by atoms with Crippen molar-refractivity contribution in [1.29, 1.82) is 0 Å². The lowest BCUT2D eigenvalue weighted by atomic mass is 9.99. The molecule has 0 aliphatic carbocycles. The Morgan fingerprint density at radius 2 is 2.05 bits per heavy atom. The highest BCUT2D eigenvalue weighted by molar-refractivity contribution is 5.25. The maximum atomic E-state index is 13.6. The third kappa shape index (κ3) is 3.54. The average Bonchev–Trinajstić information content (AvgIpc) is 2.42. The van der Waals surface area contributed by atoms with Gasteiger partial charge in [-0.25, -0.2) is 4.39 Å². The lowest BCUT2D eigenvalue weighted by molar-refractivity contribution is 0.153. The molecule has 0 spiro atoms.